The summed E-state index contributed by atoms with van der Waals surface area (Å²) in [7, 11) is 0. The monoisotopic (exact) mass is 272 g/mol. The topological polar surface area (TPSA) is 25.8 Å². The summed E-state index contributed by atoms with van der Waals surface area (Å²) in [5.41, 5.74) is 0. The van der Waals surface area contributed by atoms with E-state index in [9.17, 15) is 8.78 Å². The Kier molecular flexibility index (Phi) is 3.59. The number of hydrogen-bond acceptors (Lipinski definition) is 3. The van der Waals surface area contributed by atoms with Gasteiger partial charge in [-0.05, 0) is 25.1 Å². The van der Waals surface area contributed by atoms with E-state index in [1.807, 2.05) is 0 Å². The van der Waals surface area contributed by atoms with Crippen molar-refractivity contribution in [2.75, 3.05) is 0 Å². The molecule has 0 bridgehead atoms. The second-order valence-corrected chi connectivity index (χ2v) is 4.70. The molecule has 0 saturated heterocycles. The van der Waals surface area contributed by atoms with Gasteiger partial charge in [0.15, 0.2) is 0 Å². The lowest BCUT2D eigenvalue weighted by Crippen LogP contribution is -1.91. The molecule has 0 N–H and O–H groups in total. The second-order valence-electron chi connectivity index (χ2n) is 3.25. The lowest BCUT2D eigenvalue weighted by molar-refractivity contribution is 0.577. The molecule has 6 heteroatoms. The number of halogens is 3. The van der Waals surface area contributed by atoms with Gasteiger partial charge in [-0.1, -0.05) is 23.4 Å². The number of aryl methyl sites for hydroxylation is 1. The Labute approximate surface area is 106 Å². The van der Waals surface area contributed by atoms with E-state index in [0.29, 0.717) is 10.9 Å². The van der Waals surface area contributed by atoms with Crippen molar-refractivity contribution in [3.05, 3.63) is 46.9 Å². The SMILES string of the molecule is Cc1nc(Cl)cc(Sc2cc(F)ccc2F)n1. The molecule has 0 unspecified atom stereocenters. The number of hydrogen-bond donors (Lipinski definition) is 0. The number of aromatic nitrogens is 2. The Morgan fingerprint density at radius 1 is 1.18 bits per heavy atom. The molecule has 0 amide bonds. The zero-order valence-electron chi connectivity index (χ0n) is 8.75. The van der Waals surface area contributed by atoms with Crippen LogP contribution in [0.1, 0.15) is 5.82 Å². The fourth-order valence-corrected chi connectivity index (χ4v) is 2.43. The molecule has 0 atom stereocenters. The third kappa shape index (κ3) is 3.14. The van der Waals surface area contributed by atoms with Gasteiger partial charge in [0, 0.05) is 6.07 Å². The van der Waals surface area contributed by atoms with Gasteiger partial charge >= 0.3 is 0 Å². The first-order chi connectivity index (χ1) is 8.04. The number of benzene rings is 1. The Morgan fingerprint density at radius 2 is 1.94 bits per heavy atom. The van der Waals surface area contributed by atoms with Crippen LogP contribution in [-0.4, -0.2) is 9.97 Å². The summed E-state index contributed by atoms with van der Waals surface area (Å²) in [6.07, 6.45) is 0. The first kappa shape index (κ1) is 12.3. The van der Waals surface area contributed by atoms with Crippen LogP contribution in [0.25, 0.3) is 0 Å². The molecule has 2 rings (SSSR count). The Hall–Kier alpha value is -1.20. The van der Waals surface area contributed by atoms with Crippen molar-refractivity contribution in [1.29, 1.82) is 0 Å². The first-order valence-electron chi connectivity index (χ1n) is 4.69. The fourth-order valence-electron chi connectivity index (χ4n) is 1.23. The number of nitrogens with zero attached hydrogens (tertiary/aromatic N) is 2. The minimum Gasteiger partial charge on any atom is -0.226 e. The van der Waals surface area contributed by atoms with Crippen LogP contribution in [0.2, 0.25) is 5.15 Å². The molecular weight excluding hydrogens is 266 g/mol. The first-order valence-corrected chi connectivity index (χ1v) is 5.88. The minimum atomic E-state index is -0.496. The highest BCUT2D eigenvalue weighted by Crippen LogP contribution is 2.29. The lowest BCUT2D eigenvalue weighted by Gasteiger charge is -2.03. The van der Waals surface area contributed by atoms with Gasteiger partial charge in [-0.15, -0.1) is 0 Å². The zero-order valence-corrected chi connectivity index (χ0v) is 10.3. The molecule has 0 spiro atoms. The van der Waals surface area contributed by atoms with Gasteiger partial charge in [0.25, 0.3) is 0 Å². The lowest BCUT2D eigenvalue weighted by atomic mass is 10.3. The van der Waals surface area contributed by atoms with Crippen LogP contribution < -0.4 is 0 Å². The highest BCUT2D eigenvalue weighted by atomic mass is 35.5. The molecule has 0 aliphatic heterocycles. The molecule has 17 heavy (non-hydrogen) atoms. The molecule has 0 fully saturated rings. The van der Waals surface area contributed by atoms with Gasteiger partial charge in [-0.25, -0.2) is 18.7 Å². The predicted octanol–water partition coefficient (Wildman–Crippen LogP) is 3.87. The van der Waals surface area contributed by atoms with Crippen LogP contribution in [0.5, 0.6) is 0 Å². The molecule has 1 aromatic heterocycles. The summed E-state index contributed by atoms with van der Waals surface area (Å²) in [6, 6.07) is 4.76. The van der Waals surface area contributed by atoms with Crippen LogP contribution >= 0.6 is 23.4 Å². The van der Waals surface area contributed by atoms with E-state index in [2.05, 4.69) is 9.97 Å². The van der Waals surface area contributed by atoms with E-state index in [-0.39, 0.29) is 10.0 Å². The van der Waals surface area contributed by atoms with Crippen LogP contribution in [0, 0.1) is 18.6 Å². The third-order valence-corrected chi connectivity index (χ3v) is 3.04. The summed E-state index contributed by atoms with van der Waals surface area (Å²) >= 11 is 6.76. The van der Waals surface area contributed by atoms with E-state index in [4.69, 9.17) is 11.6 Å². The van der Waals surface area contributed by atoms with Gasteiger partial charge in [0.05, 0.1) is 4.90 Å². The van der Waals surface area contributed by atoms with Crippen molar-refractivity contribution < 1.29 is 8.78 Å². The van der Waals surface area contributed by atoms with Gasteiger partial charge in [0.2, 0.25) is 0 Å². The maximum Gasteiger partial charge on any atom is 0.137 e. The largest absolute Gasteiger partial charge is 0.226 e. The average molecular weight is 273 g/mol. The summed E-state index contributed by atoms with van der Waals surface area (Å²) in [5, 5.41) is 0.754. The maximum absolute atomic E-state index is 13.4. The fraction of sp³-hybridized carbons (Fsp3) is 0.0909. The quantitative estimate of drug-likeness (QED) is 0.776. The van der Waals surface area contributed by atoms with Crippen LogP contribution in [0.4, 0.5) is 8.78 Å². The van der Waals surface area contributed by atoms with Crippen molar-refractivity contribution in [2.45, 2.75) is 16.8 Å². The number of rotatable bonds is 2. The van der Waals surface area contributed by atoms with Gasteiger partial charge < -0.3 is 0 Å². The van der Waals surface area contributed by atoms with E-state index < -0.39 is 11.6 Å². The third-order valence-electron chi connectivity index (χ3n) is 1.89. The Bertz CT molecular complexity index is 543. The minimum absolute atomic E-state index is 0.166. The predicted molar refractivity (Wildman–Crippen MR) is 62.3 cm³/mol. The second kappa shape index (κ2) is 4.98. The molecule has 2 aromatic rings. The summed E-state index contributed by atoms with van der Waals surface area (Å²) in [6.45, 7) is 1.68. The standard InChI is InChI=1S/C11H7ClF2N2S/c1-6-15-10(12)5-11(16-6)17-9-4-7(13)2-3-8(9)14/h2-5H,1H3. The normalized spacial score (nSPS) is 10.6. The van der Waals surface area contributed by atoms with Crippen molar-refractivity contribution in [1.82, 2.24) is 9.97 Å². The van der Waals surface area contributed by atoms with Crippen LogP contribution in [0.15, 0.2) is 34.2 Å². The smallest absolute Gasteiger partial charge is 0.137 e. The van der Waals surface area contributed by atoms with Crippen molar-refractivity contribution in [3.8, 4) is 0 Å². The molecular formula is C11H7ClF2N2S. The molecule has 2 nitrogen and oxygen atoms in total. The summed E-state index contributed by atoms with van der Waals surface area (Å²) in [4.78, 5) is 8.13. The van der Waals surface area contributed by atoms with Gasteiger partial charge in [-0.2, -0.15) is 0 Å². The zero-order chi connectivity index (χ0) is 12.4. The molecule has 88 valence electrons. The van der Waals surface area contributed by atoms with Crippen LogP contribution in [0.3, 0.4) is 0 Å². The average Bonchev–Trinajstić information content (AvgIpc) is 2.22. The van der Waals surface area contributed by atoms with E-state index >= 15 is 0 Å². The summed E-state index contributed by atoms with van der Waals surface area (Å²) < 4.78 is 26.4. The summed E-state index contributed by atoms with van der Waals surface area (Å²) in [5.74, 6) is -0.508. The maximum atomic E-state index is 13.4. The van der Waals surface area contributed by atoms with Gasteiger partial charge in [-0.3, -0.25) is 0 Å². The molecule has 0 radical (unpaired) electrons. The van der Waals surface area contributed by atoms with Crippen molar-refractivity contribution in [3.63, 3.8) is 0 Å². The molecule has 1 heterocycles. The van der Waals surface area contributed by atoms with E-state index in [1.54, 1.807) is 6.92 Å². The molecule has 1 aromatic carbocycles. The molecule has 0 aliphatic carbocycles. The Balaban J connectivity index is 2.34. The van der Waals surface area contributed by atoms with E-state index in [1.165, 1.54) is 6.07 Å². The Morgan fingerprint density at radius 3 is 2.65 bits per heavy atom. The highest BCUT2D eigenvalue weighted by Gasteiger charge is 2.08. The van der Waals surface area contributed by atoms with Crippen LogP contribution in [-0.2, 0) is 0 Å². The van der Waals surface area contributed by atoms with Crippen molar-refractivity contribution >= 4 is 23.4 Å². The van der Waals surface area contributed by atoms with Gasteiger partial charge in [0.1, 0.15) is 27.6 Å². The highest BCUT2D eigenvalue weighted by molar-refractivity contribution is 7.99. The molecule has 0 saturated carbocycles. The van der Waals surface area contributed by atoms with E-state index in [0.717, 1.165) is 30.0 Å². The van der Waals surface area contributed by atoms with Crippen molar-refractivity contribution in [2.24, 2.45) is 0 Å². The molecule has 0 aliphatic rings.